The Morgan fingerprint density at radius 3 is 2.33 bits per heavy atom. The van der Waals surface area contributed by atoms with Gasteiger partial charge in [-0.15, -0.1) is 13.2 Å². The summed E-state index contributed by atoms with van der Waals surface area (Å²) in [6.45, 7) is 7.52. The molecule has 1 aliphatic rings. The minimum Gasteiger partial charge on any atom is -0.332 e. The Balaban J connectivity index is 2.38. The van der Waals surface area contributed by atoms with Crippen molar-refractivity contribution in [3.63, 3.8) is 0 Å². The Bertz CT molecular complexity index is 431. The van der Waals surface area contributed by atoms with Gasteiger partial charge in [0.2, 0.25) is 11.8 Å². The number of rotatable bonds is 9. The third kappa shape index (κ3) is 4.55. The fourth-order valence-electron chi connectivity index (χ4n) is 2.20. The molecule has 1 fully saturated rings. The second-order valence-corrected chi connectivity index (χ2v) is 5.22. The molecule has 0 aromatic rings. The summed E-state index contributed by atoms with van der Waals surface area (Å²) in [7, 11) is 1.62. The molecule has 0 saturated carbocycles. The molecule has 1 aliphatic heterocycles. The fourth-order valence-corrected chi connectivity index (χ4v) is 2.20. The Hall–Kier alpha value is -1.91. The highest BCUT2D eigenvalue weighted by atomic mass is 16.2. The number of hydrogen-bond donors (Lipinski definition) is 0. The molecule has 21 heavy (non-hydrogen) atoms. The first kappa shape index (κ1) is 17.1. The number of carbonyl (C=O) groups is 3. The van der Waals surface area contributed by atoms with Gasteiger partial charge in [-0.2, -0.15) is 0 Å². The zero-order chi connectivity index (χ0) is 15.8. The van der Waals surface area contributed by atoms with Crippen LogP contribution in [0.5, 0.6) is 0 Å². The Morgan fingerprint density at radius 2 is 1.81 bits per heavy atom. The van der Waals surface area contributed by atoms with E-state index in [1.165, 1.54) is 9.80 Å². The zero-order valence-corrected chi connectivity index (χ0v) is 12.7. The lowest BCUT2D eigenvalue weighted by atomic mass is 10.0. The third-order valence-electron chi connectivity index (χ3n) is 3.67. The Kier molecular flexibility index (Phi) is 6.85. The highest BCUT2D eigenvalue weighted by Crippen LogP contribution is 2.19. The van der Waals surface area contributed by atoms with Crippen LogP contribution in [0, 0.1) is 0 Å². The van der Waals surface area contributed by atoms with Gasteiger partial charge in [0.05, 0.1) is 6.54 Å². The number of β-lactam (4-membered cyclic amide) rings is 1. The van der Waals surface area contributed by atoms with Crippen LogP contribution in [0.15, 0.2) is 25.3 Å². The van der Waals surface area contributed by atoms with Gasteiger partial charge >= 0.3 is 0 Å². The summed E-state index contributed by atoms with van der Waals surface area (Å²) < 4.78 is 0. The summed E-state index contributed by atoms with van der Waals surface area (Å²) in [4.78, 5) is 38.4. The molecule has 5 heteroatoms. The van der Waals surface area contributed by atoms with Crippen molar-refractivity contribution in [1.82, 2.24) is 9.80 Å². The van der Waals surface area contributed by atoms with Crippen molar-refractivity contribution in [3.8, 4) is 0 Å². The number of unbranched alkanes of at least 4 members (excludes halogenated alkanes) is 2. The molecule has 3 amide bonds. The van der Waals surface area contributed by atoms with Crippen molar-refractivity contribution < 1.29 is 14.4 Å². The van der Waals surface area contributed by atoms with Gasteiger partial charge in [0.1, 0.15) is 6.04 Å². The van der Waals surface area contributed by atoms with E-state index in [9.17, 15) is 14.4 Å². The van der Waals surface area contributed by atoms with Gasteiger partial charge in [-0.1, -0.05) is 12.2 Å². The van der Waals surface area contributed by atoms with Crippen LogP contribution in [0.25, 0.3) is 0 Å². The average molecular weight is 292 g/mol. The van der Waals surface area contributed by atoms with Crippen molar-refractivity contribution in [2.75, 3.05) is 13.6 Å². The molecule has 0 bridgehead atoms. The minimum atomic E-state index is -0.482. The Morgan fingerprint density at radius 1 is 1.24 bits per heavy atom. The molecule has 1 rings (SSSR count). The SMILES string of the molecule is C=CCCCC(=O)N1C[C@H](N(C)C(=O)CCCC=C)C1=O. The van der Waals surface area contributed by atoms with Gasteiger partial charge < -0.3 is 4.90 Å². The van der Waals surface area contributed by atoms with E-state index < -0.39 is 6.04 Å². The van der Waals surface area contributed by atoms with E-state index in [2.05, 4.69) is 13.2 Å². The molecule has 0 N–H and O–H groups in total. The average Bonchev–Trinajstić information content (AvgIpc) is 2.46. The highest BCUT2D eigenvalue weighted by Gasteiger charge is 2.43. The highest BCUT2D eigenvalue weighted by molar-refractivity contribution is 6.04. The van der Waals surface area contributed by atoms with Crippen LogP contribution >= 0.6 is 0 Å². The van der Waals surface area contributed by atoms with Crippen molar-refractivity contribution in [1.29, 1.82) is 0 Å². The lowest BCUT2D eigenvalue weighted by Gasteiger charge is -2.41. The monoisotopic (exact) mass is 292 g/mol. The summed E-state index contributed by atoms with van der Waals surface area (Å²) in [5.74, 6) is -0.488. The minimum absolute atomic E-state index is 0.0612. The van der Waals surface area contributed by atoms with E-state index in [1.54, 1.807) is 19.2 Å². The van der Waals surface area contributed by atoms with E-state index in [-0.39, 0.29) is 17.7 Å². The molecule has 0 spiro atoms. The van der Waals surface area contributed by atoms with Gasteiger partial charge in [-0.25, -0.2) is 0 Å². The molecule has 0 aromatic carbocycles. The molecule has 0 radical (unpaired) electrons. The third-order valence-corrected chi connectivity index (χ3v) is 3.67. The maximum Gasteiger partial charge on any atom is 0.253 e. The van der Waals surface area contributed by atoms with Gasteiger partial charge in [-0.3, -0.25) is 19.3 Å². The Labute approximate surface area is 126 Å². The van der Waals surface area contributed by atoms with E-state index in [0.29, 0.717) is 25.8 Å². The molecule has 1 saturated heterocycles. The van der Waals surface area contributed by atoms with Crippen LogP contribution in [0.1, 0.15) is 38.5 Å². The summed E-state index contributed by atoms with van der Waals surface area (Å²) in [6, 6.07) is -0.482. The lowest BCUT2D eigenvalue weighted by Crippen LogP contribution is -2.65. The normalized spacial score (nSPS) is 17.1. The summed E-state index contributed by atoms with van der Waals surface area (Å²) in [5, 5.41) is 0. The first-order valence-electron chi connectivity index (χ1n) is 7.34. The van der Waals surface area contributed by atoms with Gasteiger partial charge in [-0.05, 0) is 25.7 Å². The fraction of sp³-hybridized carbons (Fsp3) is 0.562. The molecule has 1 atom stereocenters. The maximum absolute atomic E-state index is 12.0. The van der Waals surface area contributed by atoms with Crippen LogP contribution in [0.2, 0.25) is 0 Å². The number of allylic oxidation sites excluding steroid dienone is 2. The predicted molar refractivity (Wildman–Crippen MR) is 81.4 cm³/mol. The standard InChI is InChI=1S/C16H24N2O3/c1-4-6-8-10-14(19)17(3)13-12-18(16(13)21)15(20)11-9-7-5-2/h4-5,13H,1-2,6-12H2,3H3/t13-/m0/s1. The molecule has 1 heterocycles. The maximum atomic E-state index is 12.0. The van der Waals surface area contributed by atoms with Crippen LogP contribution in [-0.4, -0.2) is 47.2 Å². The number of likely N-dealkylation sites (N-methyl/N-ethyl adjacent to an activating group) is 1. The summed E-state index contributed by atoms with van der Waals surface area (Å²) in [5.41, 5.74) is 0. The van der Waals surface area contributed by atoms with E-state index in [1.807, 2.05) is 0 Å². The van der Waals surface area contributed by atoms with Gasteiger partial charge in [0.15, 0.2) is 0 Å². The number of nitrogens with zero attached hydrogens (tertiary/aromatic N) is 2. The van der Waals surface area contributed by atoms with Crippen molar-refractivity contribution in [2.24, 2.45) is 0 Å². The van der Waals surface area contributed by atoms with Crippen LogP contribution in [0.3, 0.4) is 0 Å². The molecule has 5 nitrogen and oxygen atoms in total. The van der Waals surface area contributed by atoms with Crippen LogP contribution in [0.4, 0.5) is 0 Å². The van der Waals surface area contributed by atoms with Gasteiger partial charge in [0.25, 0.3) is 5.91 Å². The summed E-state index contributed by atoms with van der Waals surface area (Å²) >= 11 is 0. The van der Waals surface area contributed by atoms with E-state index in [0.717, 1.165) is 19.3 Å². The quantitative estimate of drug-likeness (QED) is 0.370. The summed E-state index contributed by atoms with van der Waals surface area (Å²) in [6.07, 6.45) is 7.26. The second kappa shape index (κ2) is 8.39. The topological polar surface area (TPSA) is 57.7 Å². The largest absolute Gasteiger partial charge is 0.332 e. The van der Waals surface area contributed by atoms with Gasteiger partial charge in [0, 0.05) is 19.9 Å². The molecule has 0 unspecified atom stereocenters. The zero-order valence-electron chi connectivity index (χ0n) is 12.7. The number of carbonyl (C=O) groups excluding carboxylic acids is 3. The lowest BCUT2D eigenvalue weighted by molar-refractivity contribution is -0.163. The number of hydrogen-bond acceptors (Lipinski definition) is 3. The number of amides is 3. The molecular formula is C16H24N2O3. The van der Waals surface area contributed by atoms with Crippen molar-refractivity contribution in [3.05, 3.63) is 25.3 Å². The predicted octanol–water partition coefficient (Wildman–Crippen LogP) is 1.89. The molecule has 0 aromatic heterocycles. The van der Waals surface area contributed by atoms with Crippen molar-refractivity contribution >= 4 is 17.7 Å². The van der Waals surface area contributed by atoms with E-state index in [4.69, 9.17) is 0 Å². The van der Waals surface area contributed by atoms with Crippen LogP contribution < -0.4 is 0 Å². The second-order valence-electron chi connectivity index (χ2n) is 5.22. The van der Waals surface area contributed by atoms with Crippen LogP contribution in [-0.2, 0) is 14.4 Å². The first-order valence-corrected chi connectivity index (χ1v) is 7.34. The van der Waals surface area contributed by atoms with E-state index >= 15 is 0 Å². The first-order chi connectivity index (χ1) is 10.0. The van der Waals surface area contributed by atoms with Crippen molar-refractivity contribution in [2.45, 2.75) is 44.6 Å². The number of imide groups is 1. The smallest absolute Gasteiger partial charge is 0.253 e. The molecular weight excluding hydrogens is 268 g/mol. The molecule has 116 valence electrons. The number of likely N-dealkylation sites (tertiary alicyclic amines) is 1. The molecule has 0 aliphatic carbocycles.